The Kier molecular flexibility index (Phi) is 4.16. The quantitative estimate of drug-likeness (QED) is 0.799. The van der Waals surface area contributed by atoms with E-state index < -0.39 is 23.3 Å². The maximum absolute atomic E-state index is 13.5. The minimum atomic E-state index is -2.68. The first-order chi connectivity index (χ1) is 12.6. The van der Waals surface area contributed by atoms with Gasteiger partial charge >= 0.3 is 0 Å². The number of halogens is 4. The first-order valence-electron chi connectivity index (χ1n) is 8.57. The minimum Gasteiger partial charge on any atom is -0.350 e. The van der Waals surface area contributed by atoms with Crippen molar-refractivity contribution in [2.75, 3.05) is 13.1 Å². The molecule has 0 bridgehead atoms. The molecule has 0 unspecified atom stereocenters. The first-order valence-corrected chi connectivity index (χ1v) is 9.33. The number of benzene rings is 1. The van der Waals surface area contributed by atoms with E-state index in [-0.39, 0.29) is 31.1 Å². The third-order valence-electron chi connectivity index (χ3n) is 5.50. The van der Waals surface area contributed by atoms with Gasteiger partial charge in [0, 0.05) is 30.4 Å². The Labute approximate surface area is 164 Å². The maximum Gasteiger partial charge on any atom is 0.268 e. The van der Waals surface area contributed by atoms with Gasteiger partial charge in [-0.05, 0) is 31.5 Å². The highest BCUT2D eigenvalue weighted by molar-refractivity contribution is 6.42. The van der Waals surface area contributed by atoms with Crippen molar-refractivity contribution in [2.45, 2.75) is 31.7 Å². The summed E-state index contributed by atoms with van der Waals surface area (Å²) in [6.45, 7) is 1.88. The molecule has 1 aromatic carbocycles. The van der Waals surface area contributed by atoms with Gasteiger partial charge in [0.05, 0.1) is 15.5 Å². The van der Waals surface area contributed by atoms with E-state index in [1.807, 2.05) is 0 Å². The average Bonchev–Trinajstić information content (AvgIpc) is 2.97. The molecule has 0 radical (unpaired) electrons. The van der Waals surface area contributed by atoms with Gasteiger partial charge < -0.3 is 15.2 Å². The molecule has 5 nitrogen and oxygen atoms in total. The monoisotopic (exact) mass is 415 g/mol. The van der Waals surface area contributed by atoms with Crippen molar-refractivity contribution in [3.8, 4) is 0 Å². The Balaban J connectivity index is 1.43. The number of hydrogen-bond acceptors (Lipinski definition) is 2. The summed E-state index contributed by atoms with van der Waals surface area (Å²) in [6, 6.07) is 4.04. The van der Waals surface area contributed by atoms with Gasteiger partial charge in [0.15, 0.2) is 0 Å². The molecule has 144 valence electrons. The fourth-order valence-corrected chi connectivity index (χ4v) is 4.08. The summed E-state index contributed by atoms with van der Waals surface area (Å²) >= 11 is 11.9. The summed E-state index contributed by atoms with van der Waals surface area (Å²) in [5.74, 6) is -3.50. The fourth-order valence-electron chi connectivity index (χ4n) is 3.74. The summed E-state index contributed by atoms with van der Waals surface area (Å²) in [6.07, 6.45) is 0.140. The zero-order valence-electron chi connectivity index (χ0n) is 14.4. The lowest BCUT2D eigenvalue weighted by atomic mass is 10.1. The molecule has 2 fully saturated rings. The fraction of sp³-hybridized carbons (Fsp3) is 0.444. The number of aromatic amines is 1. The number of fused-ring (bicyclic) bond motifs is 1. The molecule has 2 heterocycles. The molecule has 2 aliphatic rings. The molecule has 1 aliphatic heterocycles. The standard InChI is InChI=1S/C18H17Cl2F2N3O2/c1-9(16(27)25-3-2-17(8-25)7-18(17,21)22)23-15(26)14-5-10-4-11(19)12(20)6-13(10)24-14/h4-6,9,24H,2-3,7-8H2,1H3,(H,23,26)/t9-,17-/m0/s1. The molecule has 1 saturated carbocycles. The van der Waals surface area contributed by atoms with Crippen molar-refractivity contribution in [1.82, 2.24) is 15.2 Å². The highest BCUT2D eigenvalue weighted by Gasteiger charge is 2.73. The molecule has 4 rings (SSSR count). The minimum absolute atomic E-state index is 0.0441. The van der Waals surface area contributed by atoms with Crippen LogP contribution in [0.15, 0.2) is 18.2 Å². The SMILES string of the molecule is C[C@H](NC(=O)c1cc2cc(Cl)c(Cl)cc2[nH]1)C(=O)N1CC[C@@]2(C1)CC2(F)F. The number of nitrogens with zero attached hydrogens (tertiary/aromatic N) is 1. The van der Waals surface area contributed by atoms with E-state index in [9.17, 15) is 18.4 Å². The van der Waals surface area contributed by atoms with Crippen molar-refractivity contribution in [2.24, 2.45) is 5.41 Å². The number of nitrogens with one attached hydrogen (secondary N) is 2. The van der Waals surface area contributed by atoms with Crippen LogP contribution in [-0.4, -0.2) is 46.8 Å². The van der Waals surface area contributed by atoms with Crippen LogP contribution in [0.2, 0.25) is 10.0 Å². The molecular weight excluding hydrogens is 399 g/mol. The van der Waals surface area contributed by atoms with Crippen LogP contribution < -0.4 is 5.32 Å². The van der Waals surface area contributed by atoms with Gasteiger partial charge in [-0.25, -0.2) is 8.78 Å². The van der Waals surface area contributed by atoms with E-state index in [2.05, 4.69) is 10.3 Å². The molecule has 1 spiro atoms. The Morgan fingerprint density at radius 2 is 1.93 bits per heavy atom. The average molecular weight is 416 g/mol. The van der Waals surface area contributed by atoms with Crippen LogP contribution in [0.5, 0.6) is 0 Å². The topological polar surface area (TPSA) is 65.2 Å². The van der Waals surface area contributed by atoms with Crippen LogP contribution in [0, 0.1) is 5.41 Å². The number of H-pyrrole nitrogens is 1. The number of carbonyl (C=O) groups excluding carboxylic acids is 2. The van der Waals surface area contributed by atoms with E-state index in [4.69, 9.17) is 23.2 Å². The van der Waals surface area contributed by atoms with Gasteiger partial charge in [0.1, 0.15) is 11.7 Å². The molecular formula is C18H17Cl2F2N3O2. The smallest absolute Gasteiger partial charge is 0.268 e. The van der Waals surface area contributed by atoms with Gasteiger partial charge in [-0.2, -0.15) is 0 Å². The molecule has 1 aromatic heterocycles. The molecule has 2 amide bonds. The molecule has 27 heavy (non-hydrogen) atoms. The Bertz CT molecular complexity index is 922. The summed E-state index contributed by atoms with van der Waals surface area (Å²) in [4.78, 5) is 29.3. The lowest BCUT2D eigenvalue weighted by Crippen LogP contribution is -2.46. The van der Waals surface area contributed by atoms with Crippen LogP contribution in [0.1, 0.15) is 30.3 Å². The highest BCUT2D eigenvalue weighted by atomic mass is 35.5. The number of hydrogen-bond donors (Lipinski definition) is 2. The molecule has 2 aromatic rings. The number of amides is 2. The predicted molar refractivity (Wildman–Crippen MR) is 98.4 cm³/mol. The van der Waals surface area contributed by atoms with E-state index in [1.54, 1.807) is 25.1 Å². The van der Waals surface area contributed by atoms with Crippen LogP contribution >= 0.6 is 23.2 Å². The Morgan fingerprint density at radius 1 is 1.26 bits per heavy atom. The summed E-state index contributed by atoms with van der Waals surface area (Å²) < 4.78 is 27.0. The van der Waals surface area contributed by atoms with Crippen LogP contribution in [0.3, 0.4) is 0 Å². The number of alkyl halides is 2. The molecule has 9 heteroatoms. The van der Waals surface area contributed by atoms with Gasteiger partial charge in [-0.1, -0.05) is 23.2 Å². The number of carbonyl (C=O) groups is 2. The maximum atomic E-state index is 13.5. The van der Waals surface area contributed by atoms with E-state index >= 15 is 0 Å². The van der Waals surface area contributed by atoms with Gasteiger partial charge in [-0.3, -0.25) is 9.59 Å². The van der Waals surface area contributed by atoms with Gasteiger partial charge in [0.2, 0.25) is 5.91 Å². The predicted octanol–water partition coefficient (Wildman–Crippen LogP) is 3.85. The largest absolute Gasteiger partial charge is 0.350 e. The zero-order valence-corrected chi connectivity index (χ0v) is 15.9. The summed E-state index contributed by atoms with van der Waals surface area (Å²) in [5, 5.41) is 4.07. The highest BCUT2D eigenvalue weighted by Crippen LogP contribution is 2.65. The van der Waals surface area contributed by atoms with E-state index in [0.717, 1.165) is 0 Å². The number of likely N-dealkylation sites (tertiary alicyclic amines) is 1. The van der Waals surface area contributed by atoms with Gasteiger partial charge in [0.25, 0.3) is 11.8 Å². The normalized spacial score (nSPS) is 24.4. The van der Waals surface area contributed by atoms with Gasteiger partial charge in [-0.15, -0.1) is 0 Å². The number of aromatic nitrogens is 1. The van der Waals surface area contributed by atoms with Crippen LogP contribution in [-0.2, 0) is 4.79 Å². The van der Waals surface area contributed by atoms with Crippen molar-refractivity contribution in [3.05, 3.63) is 33.9 Å². The van der Waals surface area contributed by atoms with Crippen molar-refractivity contribution in [1.29, 1.82) is 0 Å². The molecule has 1 aliphatic carbocycles. The van der Waals surface area contributed by atoms with E-state index in [0.29, 0.717) is 27.4 Å². The van der Waals surface area contributed by atoms with Crippen LogP contribution in [0.25, 0.3) is 10.9 Å². The first kappa shape index (κ1) is 18.5. The third-order valence-corrected chi connectivity index (χ3v) is 6.22. The zero-order chi connectivity index (χ0) is 19.6. The molecule has 1 saturated heterocycles. The Hall–Kier alpha value is -1.86. The van der Waals surface area contributed by atoms with Crippen molar-refractivity contribution >= 4 is 45.9 Å². The van der Waals surface area contributed by atoms with Crippen molar-refractivity contribution < 1.29 is 18.4 Å². The van der Waals surface area contributed by atoms with Crippen molar-refractivity contribution in [3.63, 3.8) is 0 Å². The molecule has 2 atom stereocenters. The lowest BCUT2D eigenvalue weighted by Gasteiger charge is -2.21. The lowest BCUT2D eigenvalue weighted by molar-refractivity contribution is -0.132. The summed E-state index contributed by atoms with van der Waals surface area (Å²) in [5.41, 5.74) is -0.150. The van der Waals surface area contributed by atoms with Crippen LogP contribution in [0.4, 0.5) is 8.78 Å². The third kappa shape index (κ3) is 3.06. The second kappa shape index (κ2) is 6.07. The Morgan fingerprint density at radius 3 is 2.56 bits per heavy atom. The number of rotatable bonds is 3. The molecule has 2 N–H and O–H groups in total. The van der Waals surface area contributed by atoms with E-state index in [1.165, 1.54) is 4.90 Å². The second-order valence-electron chi connectivity index (χ2n) is 7.40. The summed E-state index contributed by atoms with van der Waals surface area (Å²) in [7, 11) is 0. The second-order valence-corrected chi connectivity index (χ2v) is 8.22.